The van der Waals surface area contributed by atoms with Crippen LogP contribution in [-0.2, 0) is 17.7 Å². The van der Waals surface area contributed by atoms with Gasteiger partial charge in [0.25, 0.3) is 0 Å². The number of aldehydes is 1. The SMILES string of the molecule is CC(C)(C)OC(=O)N1CCc2cc(O)c(C=O)cc2C1. The Kier molecular flexibility index (Phi) is 3.70. The van der Waals surface area contributed by atoms with Crippen molar-refractivity contribution in [2.45, 2.75) is 39.3 Å². The van der Waals surface area contributed by atoms with Gasteiger partial charge in [-0.2, -0.15) is 0 Å². The van der Waals surface area contributed by atoms with E-state index < -0.39 is 5.60 Å². The van der Waals surface area contributed by atoms with Crippen molar-refractivity contribution in [2.75, 3.05) is 6.54 Å². The molecule has 0 spiro atoms. The largest absolute Gasteiger partial charge is 0.507 e. The van der Waals surface area contributed by atoms with Gasteiger partial charge in [0.1, 0.15) is 11.4 Å². The van der Waals surface area contributed by atoms with Crippen LogP contribution in [0.5, 0.6) is 5.75 Å². The quantitative estimate of drug-likeness (QED) is 0.801. The van der Waals surface area contributed by atoms with Gasteiger partial charge in [-0.3, -0.25) is 4.79 Å². The molecule has 1 heterocycles. The summed E-state index contributed by atoms with van der Waals surface area (Å²) in [5, 5.41) is 9.66. The summed E-state index contributed by atoms with van der Waals surface area (Å²) in [5.74, 6) is -0.00975. The Morgan fingerprint density at radius 1 is 1.35 bits per heavy atom. The Labute approximate surface area is 118 Å². The van der Waals surface area contributed by atoms with Gasteiger partial charge in [0, 0.05) is 13.1 Å². The summed E-state index contributed by atoms with van der Waals surface area (Å²) in [7, 11) is 0. The smallest absolute Gasteiger partial charge is 0.410 e. The highest BCUT2D eigenvalue weighted by atomic mass is 16.6. The van der Waals surface area contributed by atoms with Crippen molar-refractivity contribution >= 4 is 12.4 Å². The summed E-state index contributed by atoms with van der Waals surface area (Å²) in [6.45, 7) is 6.41. The minimum absolute atomic E-state index is 0.00975. The fraction of sp³-hybridized carbons (Fsp3) is 0.467. The molecule has 0 aromatic heterocycles. The second-order valence-electron chi connectivity index (χ2n) is 5.95. The second-order valence-corrected chi connectivity index (χ2v) is 5.95. The van der Waals surface area contributed by atoms with Crippen LogP contribution in [0, 0.1) is 0 Å². The number of fused-ring (bicyclic) bond motifs is 1. The highest BCUT2D eigenvalue weighted by Crippen LogP contribution is 2.27. The van der Waals surface area contributed by atoms with Gasteiger partial charge in [-0.05, 0) is 50.5 Å². The number of rotatable bonds is 1. The maximum atomic E-state index is 12.0. The highest BCUT2D eigenvalue weighted by molar-refractivity contribution is 5.80. The van der Waals surface area contributed by atoms with E-state index in [-0.39, 0.29) is 17.4 Å². The third-order valence-corrected chi connectivity index (χ3v) is 3.14. The maximum Gasteiger partial charge on any atom is 0.410 e. The molecule has 2 rings (SSSR count). The number of carbonyl (C=O) groups excluding carboxylic acids is 2. The molecule has 0 bridgehead atoms. The van der Waals surface area contributed by atoms with Crippen LogP contribution >= 0.6 is 0 Å². The Hall–Kier alpha value is -2.04. The molecule has 0 unspecified atom stereocenters. The lowest BCUT2D eigenvalue weighted by molar-refractivity contribution is 0.0224. The minimum Gasteiger partial charge on any atom is -0.507 e. The summed E-state index contributed by atoms with van der Waals surface area (Å²) >= 11 is 0. The van der Waals surface area contributed by atoms with Crippen LogP contribution < -0.4 is 0 Å². The van der Waals surface area contributed by atoms with Crippen molar-refractivity contribution in [2.24, 2.45) is 0 Å². The molecule has 1 aromatic rings. The van der Waals surface area contributed by atoms with E-state index in [0.717, 1.165) is 11.1 Å². The molecule has 0 aliphatic carbocycles. The number of aromatic hydroxyl groups is 1. The number of phenolic OH excluding ortho intramolecular Hbond substituents is 1. The molecular weight excluding hydrogens is 258 g/mol. The van der Waals surface area contributed by atoms with Crippen molar-refractivity contribution < 1.29 is 19.4 Å². The van der Waals surface area contributed by atoms with Crippen LogP contribution in [0.1, 0.15) is 42.3 Å². The van der Waals surface area contributed by atoms with Crippen LogP contribution in [0.2, 0.25) is 0 Å². The first-order chi connectivity index (χ1) is 9.30. The van der Waals surface area contributed by atoms with E-state index in [1.165, 1.54) is 0 Å². The predicted molar refractivity (Wildman–Crippen MR) is 73.8 cm³/mol. The first kappa shape index (κ1) is 14.4. The summed E-state index contributed by atoms with van der Waals surface area (Å²) in [6, 6.07) is 3.24. The standard InChI is InChI=1S/C15H19NO4/c1-15(2,3)20-14(19)16-5-4-10-7-13(18)12(9-17)6-11(10)8-16/h6-7,9,18H,4-5,8H2,1-3H3. The highest BCUT2D eigenvalue weighted by Gasteiger charge is 2.26. The van der Waals surface area contributed by atoms with Gasteiger partial charge in [-0.1, -0.05) is 0 Å². The van der Waals surface area contributed by atoms with E-state index in [4.69, 9.17) is 4.74 Å². The number of hydrogen-bond acceptors (Lipinski definition) is 4. The number of phenols is 1. The van der Waals surface area contributed by atoms with Gasteiger partial charge in [0.2, 0.25) is 0 Å². The Balaban J connectivity index is 2.18. The zero-order valence-corrected chi connectivity index (χ0v) is 12.0. The second kappa shape index (κ2) is 5.15. The van der Waals surface area contributed by atoms with Gasteiger partial charge < -0.3 is 14.7 Å². The van der Waals surface area contributed by atoms with Crippen LogP contribution in [-0.4, -0.2) is 34.5 Å². The molecule has 0 fully saturated rings. The number of carbonyl (C=O) groups is 2. The average molecular weight is 277 g/mol. The predicted octanol–water partition coefficient (Wildman–Crippen LogP) is 2.50. The third-order valence-electron chi connectivity index (χ3n) is 3.14. The Morgan fingerprint density at radius 3 is 2.65 bits per heavy atom. The van der Waals surface area contributed by atoms with E-state index in [2.05, 4.69) is 0 Å². The lowest BCUT2D eigenvalue weighted by atomic mass is 9.97. The molecule has 108 valence electrons. The molecule has 1 N–H and O–H groups in total. The fourth-order valence-electron chi connectivity index (χ4n) is 2.19. The van der Waals surface area contributed by atoms with E-state index in [1.807, 2.05) is 20.8 Å². The van der Waals surface area contributed by atoms with Crippen LogP contribution in [0.15, 0.2) is 12.1 Å². The molecule has 0 atom stereocenters. The number of hydrogen-bond donors (Lipinski definition) is 1. The van der Waals surface area contributed by atoms with Gasteiger partial charge in [0.05, 0.1) is 5.56 Å². The summed E-state index contributed by atoms with van der Waals surface area (Å²) < 4.78 is 5.34. The molecule has 5 heteroatoms. The van der Waals surface area contributed by atoms with E-state index in [1.54, 1.807) is 17.0 Å². The monoisotopic (exact) mass is 277 g/mol. The van der Waals surface area contributed by atoms with Crippen molar-refractivity contribution in [3.05, 3.63) is 28.8 Å². The van der Waals surface area contributed by atoms with Crippen molar-refractivity contribution in [1.82, 2.24) is 4.90 Å². The zero-order chi connectivity index (χ0) is 14.9. The first-order valence-corrected chi connectivity index (χ1v) is 6.58. The Morgan fingerprint density at radius 2 is 2.05 bits per heavy atom. The van der Waals surface area contributed by atoms with Crippen molar-refractivity contribution in [3.8, 4) is 5.75 Å². The van der Waals surface area contributed by atoms with E-state index >= 15 is 0 Å². The molecule has 5 nitrogen and oxygen atoms in total. The summed E-state index contributed by atoms with van der Waals surface area (Å²) in [4.78, 5) is 24.5. The lowest BCUT2D eigenvalue weighted by Gasteiger charge is -2.31. The molecule has 0 saturated heterocycles. The zero-order valence-electron chi connectivity index (χ0n) is 12.0. The lowest BCUT2D eigenvalue weighted by Crippen LogP contribution is -2.39. The van der Waals surface area contributed by atoms with Gasteiger partial charge >= 0.3 is 6.09 Å². The van der Waals surface area contributed by atoms with Crippen LogP contribution in [0.25, 0.3) is 0 Å². The third kappa shape index (κ3) is 3.10. The molecule has 1 amide bonds. The number of benzene rings is 1. The van der Waals surface area contributed by atoms with Crippen LogP contribution in [0.4, 0.5) is 4.79 Å². The molecule has 0 saturated carbocycles. The molecule has 20 heavy (non-hydrogen) atoms. The fourth-order valence-corrected chi connectivity index (χ4v) is 2.19. The minimum atomic E-state index is -0.528. The number of nitrogens with zero attached hydrogens (tertiary/aromatic N) is 1. The summed E-state index contributed by atoms with van der Waals surface area (Å²) in [6.07, 6.45) is 0.896. The van der Waals surface area contributed by atoms with E-state index in [0.29, 0.717) is 25.8 Å². The molecule has 1 aliphatic rings. The molecule has 0 radical (unpaired) electrons. The summed E-state index contributed by atoms with van der Waals surface area (Å²) in [5.41, 5.74) is 1.56. The molecular formula is C15H19NO4. The van der Waals surface area contributed by atoms with Crippen molar-refractivity contribution in [1.29, 1.82) is 0 Å². The number of amides is 1. The molecule has 1 aromatic carbocycles. The normalized spacial score (nSPS) is 14.7. The topological polar surface area (TPSA) is 66.8 Å². The van der Waals surface area contributed by atoms with Crippen LogP contribution in [0.3, 0.4) is 0 Å². The molecule has 1 aliphatic heterocycles. The maximum absolute atomic E-state index is 12.0. The van der Waals surface area contributed by atoms with Gasteiger partial charge in [-0.15, -0.1) is 0 Å². The average Bonchev–Trinajstić information content (AvgIpc) is 2.35. The van der Waals surface area contributed by atoms with Crippen molar-refractivity contribution in [3.63, 3.8) is 0 Å². The first-order valence-electron chi connectivity index (χ1n) is 6.58. The number of ether oxygens (including phenoxy) is 1. The Bertz CT molecular complexity index is 546. The van der Waals surface area contributed by atoms with E-state index in [9.17, 15) is 14.7 Å². The van der Waals surface area contributed by atoms with Gasteiger partial charge in [0.15, 0.2) is 6.29 Å². The van der Waals surface area contributed by atoms with Gasteiger partial charge in [-0.25, -0.2) is 4.79 Å².